The highest BCUT2D eigenvalue weighted by molar-refractivity contribution is 7.07. The van der Waals surface area contributed by atoms with Gasteiger partial charge in [-0.05, 0) is 12.1 Å². The van der Waals surface area contributed by atoms with Gasteiger partial charge in [-0.3, -0.25) is 4.79 Å². The number of nitriles is 1. The van der Waals surface area contributed by atoms with Gasteiger partial charge in [-0.1, -0.05) is 23.5 Å². The number of nitrogens with one attached hydrogen (secondary N) is 1. The van der Waals surface area contributed by atoms with Crippen molar-refractivity contribution in [3.05, 3.63) is 44.9 Å². The average Bonchev–Trinajstić information content (AvgIpc) is 2.65. The molecule has 0 spiro atoms. The predicted octanol–water partition coefficient (Wildman–Crippen LogP) is 1.98. The number of nitrogens with zero attached hydrogens (tertiary/aromatic N) is 1. The Kier molecular flexibility index (Phi) is 2.17. The minimum atomic E-state index is -0.0811. The van der Waals surface area contributed by atoms with Gasteiger partial charge in [0.05, 0.1) is 17.3 Å². The van der Waals surface area contributed by atoms with E-state index in [2.05, 4.69) is 11.1 Å². The van der Waals surface area contributed by atoms with E-state index in [1.807, 2.05) is 6.07 Å². The molecule has 1 aromatic carbocycles. The van der Waals surface area contributed by atoms with E-state index < -0.39 is 0 Å². The highest BCUT2D eigenvalue weighted by atomic mass is 32.1. The molecule has 0 atom stereocenters. The normalized spacial score (nSPS) is 9.64. The Morgan fingerprint density at radius 2 is 2.29 bits per heavy atom. The first kappa shape index (κ1) is 8.73. The van der Waals surface area contributed by atoms with E-state index >= 15 is 0 Å². The molecule has 0 aliphatic rings. The van der Waals surface area contributed by atoms with E-state index in [0.717, 1.165) is 22.6 Å². The number of hydrogen-bond donors (Lipinski definition) is 1. The Morgan fingerprint density at radius 3 is 2.93 bits per heavy atom. The van der Waals surface area contributed by atoms with Crippen LogP contribution in [0.4, 0.5) is 0 Å². The highest BCUT2D eigenvalue weighted by Gasteiger charge is 2.00. The van der Waals surface area contributed by atoms with Crippen molar-refractivity contribution in [3.63, 3.8) is 0 Å². The van der Waals surface area contributed by atoms with Crippen molar-refractivity contribution in [1.82, 2.24) is 4.98 Å². The summed E-state index contributed by atoms with van der Waals surface area (Å²) in [5.41, 5.74) is 2.22. The fraction of sp³-hybridized carbons (Fsp3) is 0. The lowest BCUT2D eigenvalue weighted by atomic mass is 10.1. The number of rotatable bonds is 1. The SMILES string of the molecule is N#Cc1cccc(-c2csc(=O)[nH]2)c1. The lowest BCUT2D eigenvalue weighted by molar-refractivity contribution is 1.34. The van der Waals surface area contributed by atoms with Crippen molar-refractivity contribution in [2.45, 2.75) is 0 Å². The minimum Gasteiger partial charge on any atom is -0.312 e. The van der Waals surface area contributed by atoms with Crippen LogP contribution in [0.25, 0.3) is 11.3 Å². The van der Waals surface area contributed by atoms with E-state index in [1.54, 1.807) is 23.6 Å². The van der Waals surface area contributed by atoms with Crippen LogP contribution in [0.15, 0.2) is 34.4 Å². The summed E-state index contributed by atoms with van der Waals surface area (Å²) in [7, 11) is 0. The van der Waals surface area contributed by atoms with Gasteiger partial charge in [0.25, 0.3) is 0 Å². The summed E-state index contributed by atoms with van der Waals surface area (Å²) in [6.07, 6.45) is 0. The predicted molar refractivity (Wildman–Crippen MR) is 55.1 cm³/mol. The molecule has 14 heavy (non-hydrogen) atoms. The van der Waals surface area contributed by atoms with Gasteiger partial charge in [0, 0.05) is 10.9 Å². The molecule has 1 N–H and O–H groups in total. The number of aromatic nitrogens is 1. The third-order valence-corrected chi connectivity index (χ3v) is 2.49. The van der Waals surface area contributed by atoms with Crippen molar-refractivity contribution in [1.29, 1.82) is 5.26 Å². The quantitative estimate of drug-likeness (QED) is 0.768. The van der Waals surface area contributed by atoms with E-state index in [1.165, 1.54) is 0 Å². The molecule has 3 nitrogen and oxygen atoms in total. The molecule has 1 aromatic heterocycles. The zero-order valence-electron chi connectivity index (χ0n) is 7.15. The largest absolute Gasteiger partial charge is 0.312 e. The van der Waals surface area contributed by atoms with Crippen LogP contribution in [-0.2, 0) is 0 Å². The third kappa shape index (κ3) is 1.58. The third-order valence-electron chi connectivity index (χ3n) is 1.82. The fourth-order valence-corrected chi connectivity index (χ4v) is 1.77. The molecule has 0 fully saturated rings. The lowest BCUT2D eigenvalue weighted by Gasteiger charge is -1.96. The van der Waals surface area contributed by atoms with Crippen LogP contribution in [-0.4, -0.2) is 4.98 Å². The molecule has 1 heterocycles. The van der Waals surface area contributed by atoms with Gasteiger partial charge < -0.3 is 4.98 Å². The maximum Gasteiger partial charge on any atom is 0.304 e. The Hall–Kier alpha value is -1.86. The van der Waals surface area contributed by atoms with Gasteiger partial charge >= 0.3 is 4.87 Å². The van der Waals surface area contributed by atoms with Crippen LogP contribution in [0.3, 0.4) is 0 Å². The Bertz CT molecular complexity index is 547. The summed E-state index contributed by atoms with van der Waals surface area (Å²) in [6.45, 7) is 0. The van der Waals surface area contributed by atoms with E-state index in [0.29, 0.717) is 5.56 Å². The first-order valence-electron chi connectivity index (χ1n) is 3.98. The van der Waals surface area contributed by atoms with E-state index in [4.69, 9.17) is 5.26 Å². The molecule has 0 bridgehead atoms. The van der Waals surface area contributed by atoms with Gasteiger partial charge in [-0.15, -0.1) is 0 Å². The summed E-state index contributed by atoms with van der Waals surface area (Å²) in [5, 5.41) is 10.4. The van der Waals surface area contributed by atoms with Gasteiger partial charge in [0.1, 0.15) is 0 Å². The number of thiazole rings is 1. The number of H-pyrrole nitrogens is 1. The first-order valence-corrected chi connectivity index (χ1v) is 4.86. The first-order chi connectivity index (χ1) is 6.79. The standard InChI is InChI=1S/C10H6N2OS/c11-5-7-2-1-3-8(4-7)9-6-14-10(13)12-9/h1-4,6H,(H,12,13). The van der Waals surface area contributed by atoms with Gasteiger partial charge in [-0.2, -0.15) is 5.26 Å². The van der Waals surface area contributed by atoms with Crippen LogP contribution >= 0.6 is 11.3 Å². The molecular weight excluding hydrogens is 196 g/mol. The van der Waals surface area contributed by atoms with Gasteiger partial charge in [0.15, 0.2) is 0 Å². The monoisotopic (exact) mass is 202 g/mol. The fourth-order valence-electron chi connectivity index (χ4n) is 1.18. The molecule has 0 amide bonds. The Balaban J connectivity index is 2.53. The maximum atomic E-state index is 10.9. The average molecular weight is 202 g/mol. The molecule has 0 saturated heterocycles. The molecular formula is C10H6N2OS. The van der Waals surface area contributed by atoms with E-state index in [-0.39, 0.29) is 4.87 Å². The van der Waals surface area contributed by atoms with Gasteiger partial charge in [-0.25, -0.2) is 0 Å². The molecule has 68 valence electrons. The molecule has 2 aromatic rings. The molecule has 4 heteroatoms. The van der Waals surface area contributed by atoms with Crippen LogP contribution in [0.1, 0.15) is 5.56 Å². The number of hydrogen-bond acceptors (Lipinski definition) is 3. The second-order valence-electron chi connectivity index (χ2n) is 2.75. The molecule has 0 unspecified atom stereocenters. The Labute approximate surface area is 84.3 Å². The maximum absolute atomic E-state index is 10.9. The molecule has 0 saturated carbocycles. The molecule has 0 aliphatic carbocycles. The molecule has 2 rings (SSSR count). The molecule has 0 aliphatic heterocycles. The summed E-state index contributed by atoms with van der Waals surface area (Å²) in [4.78, 5) is 13.5. The van der Waals surface area contributed by atoms with Gasteiger partial charge in [0.2, 0.25) is 0 Å². The van der Waals surface area contributed by atoms with Crippen molar-refractivity contribution in [2.75, 3.05) is 0 Å². The zero-order valence-corrected chi connectivity index (χ0v) is 7.97. The van der Waals surface area contributed by atoms with Crippen LogP contribution in [0.2, 0.25) is 0 Å². The van der Waals surface area contributed by atoms with Crippen LogP contribution in [0.5, 0.6) is 0 Å². The summed E-state index contributed by atoms with van der Waals surface area (Å²) >= 11 is 1.12. The van der Waals surface area contributed by atoms with Crippen LogP contribution in [0, 0.1) is 11.3 Å². The molecule has 0 radical (unpaired) electrons. The number of aromatic amines is 1. The van der Waals surface area contributed by atoms with Crippen molar-refractivity contribution in [3.8, 4) is 17.3 Å². The number of benzene rings is 1. The highest BCUT2D eigenvalue weighted by Crippen LogP contribution is 2.17. The van der Waals surface area contributed by atoms with E-state index in [9.17, 15) is 4.79 Å². The summed E-state index contributed by atoms with van der Waals surface area (Å²) in [5.74, 6) is 0. The topological polar surface area (TPSA) is 56.6 Å². The smallest absolute Gasteiger partial charge is 0.304 e. The minimum absolute atomic E-state index is 0.0811. The second kappa shape index (κ2) is 3.48. The summed E-state index contributed by atoms with van der Waals surface area (Å²) in [6, 6.07) is 9.19. The lowest BCUT2D eigenvalue weighted by Crippen LogP contribution is -1.92. The Morgan fingerprint density at radius 1 is 1.43 bits per heavy atom. The van der Waals surface area contributed by atoms with Crippen molar-refractivity contribution < 1.29 is 0 Å². The van der Waals surface area contributed by atoms with Crippen molar-refractivity contribution in [2.24, 2.45) is 0 Å². The van der Waals surface area contributed by atoms with Crippen LogP contribution < -0.4 is 4.87 Å². The second-order valence-corrected chi connectivity index (χ2v) is 3.60. The zero-order chi connectivity index (χ0) is 9.97. The summed E-state index contributed by atoms with van der Waals surface area (Å²) < 4.78 is 0. The van der Waals surface area contributed by atoms with Crippen molar-refractivity contribution >= 4 is 11.3 Å².